The molecule has 0 fully saturated rings. The van der Waals surface area contributed by atoms with Crippen LogP contribution in [0, 0.1) is 5.82 Å². The highest BCUT2D eigenvalue weighted by atomic mass is 19.1. The van der Waals surface area contributed by atoms with E-state index >= 15 is 0 Å². The molecule has 0 radical (unpaired) electrons. The monoisotopic (exact) mass is 289 g/mol. The first-order chi connectivity index (χ1) is 10.0. The van der Waals surface area contributed by atoms with E-state index < -0.39 is 0 Å². The molecule has 5 nitrogen and oxygen atoms in total. The molecule has 2 rings (SSSR count). The van der Waals surface area contributed by atoms with Gasteiger partial charge in [-0.05, 0) is 18.2 Å². The van der Waals surface area contributed by atoms with Gasteiger partial charge < -0.3 is 9.80 Å². The van der Waals surface area contributed by atoms with Crippen LogP contribution in [0.2, 0.25) is 0 Å². The first-order valence-corrected chi connectivity index (χ1v) is 6.67. The van der Waals surface area contributed by atoms with Crippen LogP contribution in [0.5, 0.6) is 0 Å². The summed E-state index contributed by atoms with van der Waals surface area (Å²) in [5, 5.41) is 4.17. The topological polar surface area (TPSA) is 36.7 Å². The van der Waals surface area contributed by atoms with Crippen molar-refractivity contribution in [3.05, 3.63) is 48.0 Å². The van der Waals surface area contributed by atoms with Gasteiger partial charge in [0, 0.05) is 46.1 Å². The number of aromatic nitrogens is 2. The first-order valence-electron chi connectivity index (χ1n) is 6.67. The number of aliphatic imine (C=N–C) groups is 1. The molecule has 0 atom stereocenters. The first kappa shape index (κ1) is 15.0. The normalized spacial score (nSPS) is 10.3. The van der Waals surface area contributed by atoms with Crippen molar-refractivity contribution in [2.24, 2.45) is 4.99 Å². The van der Waals surface area contributed by atoms with Gasteiger partial charge in [0.25, 0.3) is 0 Å². The van der Waals surface area contributed by atoms with Gasteiger partial charge in [-0.25, -0.2) is 14.1 Å². The van der Waals surface area contributed by atoms with Crippen LogP contribution >= 0.6 is 0 Å². The van der Waals surface area contributed by atoms with Crippen LogP contribution < -0.4 is 0 Å². The molecule has 0 saturated heterocycles. The second kappa shape index (κ2) is 6.39. The molecule has 112 valence electrons. The van der Waals surface area contributed by atoms with Gasteiger partial charge in [0.15, 0.2) is 5.96 Å². The molecule has 0 aliphatic rings. The van der Waals surface area contributed by atoms with Gasteiger partial charge in [0.05, 0.1) is 12.2 Å². The molecular formula is C15H20FN5. The molecule has 0 aliphatic heterocycles. The number of halogens is 1. The Labute approximate surface area is 124 Å². The van der Waals surface area contributed by atoms with E-state index in [-0.39, 0.29) is 12.4 Å². The molecule has 1 aromatic heterocycles. The van der Waals surface area contributed by atoms with Gasteiger partial charge in [-0.2, -0.15) is 5.10 Å². The van der Waals surface area contributed by atoms with Crippen LogP contribution in [-0.4, -0.2) is 53.7 Å². The Morgan fingerprint density at radius 3 is 2.48 bits per heavy atom. The van der Waals surface area contributed by atoms with E-state index in [1.807, 2.05) is 50.1 Å². The Bertz CT molecular complexity index is 607. The molecule has 1 heterocycles. The lowest BCUT2D eigenvalue weighted by Crippen LogP contribution is -2.35. The van der Waals surface area contributed by atoms with Crippen LogP contribution in [0.15, 0.2) is 41.7 Å². The molecule has 0 spiro atoms. The fourth-order valence-corrected chi connectivity index (χ4v) is 2.16. The molecule has 1 aromatic carbocycles. The largest absolute Gasteiger partial charge is 0.349 e. The zero-order valence-electron chi connectivity index (χ0n) is 12.8. The summed E-state index contributed by atoms with van der Waals surface area (Å²) >= 11 is 0. The van der Waals surface area contributed by atoms with Crippen molar-refractivity contribution >= 4 is 5.96 Å². The quantitative estimate of drug-likeness (QED) is 0.640. The maximum atomic E-state index is 14.2. The summed E-state index contributed by atoms with van der Waals surface area (Å²) in [5.74, 6) is 0.508. The number of nitrogens with zero attached hydrogens (tertiary/aromatic N) is 5. The highest BCUT2D eigenvalue weighted by molar-refractivity contribution is 5.79. The maximum absolute atomic E-state index is 14.2. The lowest BCUT2D eigenvalue weighted by Gasteiger charge is -2.23. The Morgan fingerprint density at radius 2 is 1.90 bits per heavy atom. The maximum Gasteiger partial charge on any atom is 0.195 e. The van der Waals surface area contributed by atoms with E-state index in [2.05, 4.69) is 10.1 Å². The lowest BCUT2D eigenvalue weighted by molar-refractivity contribution is 0.478. The van der Waals surface area contributed by atoms with E-state index in [0.29, 0.717) is 11.3 Å². The second-order valence-electron chi connectivity index (χ2n) is 5.09. The summed E-state index contributed by atoms with van der Waals surface area (Å²) < 4.78 is 15.8. The molecule has 0 saturated carbocycles. The molecule has 0 amide bonds. The number of guanidine groups is 1. The minimum atomic E-state index is -0.274. The third-order valence-electron chi connectivity index (χ3n) is 3.02. The fraction of sp³-hybridized carbons (Fsp3) is 0.333. The van der Waals surface area contributed by atoms with E-state index in [0.717, 1.165) is 5.96 Å². The zero-order valence-corrected chi connectivity index (χ0v) is 12.8. The standard InChI is InChI=1S/C15H20FN5/c1-19(2)15(20(3)4)17-11-12-13(16)7-5-8-14(12)21-10-6-9-18-21/h5-10H,11H2,1-4H3. The molecule has 21 heavy (non-hydrogen) atoms. The number of hydrogen-bond donors (Lipinski definition) is 0. The minimum absolute atomic E-state index is 0.257. The van der Waals surface area contributed by atoms with Crippen molar-refractivity contribution in [1.82, 2.24) is 19.6 Å². The van der Waals surface area contributed by atoms with E-state index in [4.69, 9.17) is 0 Å². The van der Waals surface area contributed by atoms with Crippen molar-refractivity contribution < 1.29 is 4.39 Å². The number of rotatable bonds is 3. The van der Waals surface area contributed by atoms with Crippen LogP contribution in [0.3, 0.4) is 0 Å². The Balaban J connectivity index is 2.38. The molecule has 2 aromatic rings. The van der Waals surface area contributed by atoms with Gasteiger partial charge in [-0.3, -0.25) is 0 Å². The van der Waals surface area contributed by atoms with Crippen LogP contribution in [0.1, 0.15) is 5.56 Å². The molecular weight excluding hydrogens is 269 g/mol. The molecule has 0 aliphatic carbocycles. The SMILES string of the molecule is CN(C)C(=NCc1c(F)cccc1-n1cccn1)N(C)C. The molecule has 6 heteroatoms. The number of benzene rings is 1. The van der Waals surface area contributed by atoms with Crippen LogP contribution in [0.4, 0.5) is 4.39 Å². The van der Waals surface area contributed by atoms with Crippen molar-refractivity contribution in [3.63, 3.8) is 0 Å². The van der Waals surface area contributed by atoms with Gasteiger partial charge in [-0.1, -0.05) is 6.07 Å². The summed E-state index contributed by atoms with van der Waals surface area (Å²) in [7, 11) is 7.65. The summed E-state index contributed by atoms with van der Waals surface area (Å²) in [6.07, 6.45) is 3.46. The van der Waals surface area contributed by atoms with E-state index in [1.165, 1.54) is 6.07 Å². The molecule has 0 bridgehead atoms. The van der Waals surface area contributed by atoms with Gasteiger partial charge in [-0.15, -0.1) is 0 Å². The predicted octanol–water partition coefficient (Wildman–Crippen LogP) is 1.99. The summed E-state index contributed by atoms with van der Waals surface area (Å²) in [5.41, 5.74) is 1.24. The van der Waals surface area contributed by atoms with Gasteiger partial charge >= 0.3 is 0 Å². The third-order valence-corrected chi connectivity index (χ3v) is 3.02. The van der Waals surface area contributed by atoms with Crippen molar-refractivity contribution in [3.8, 4) is 5.69 Å². The summed E-state index contributed by atoms with van der Waals surface area (Å²) in [6.45, 7) is 0.257. The molecule has 0 N–H and O–H groups in total. The predicted molar refractivity (Wildman–Crippen MR) is 82.0 cm³/mol. The average molecular weight is 289 g/mol. The number of hydrogen-bond acceptors (Lipinski definition) is 2. The van der Waals surface area contributed by atoms with Gasteiger partial charge in [0.2, 0.25) is 0 Å². The smallest absolute Gasteiger partial charge is 0.195 e. The summed E-state index contributed by atoms with van der Waals surface area (Å²) in [4.78, 5) is 8.31. The molecule has 0 unspecified atom stereocenters. The van der Waals surface area contributed by atoms with Crippen LogP contribution in [0.25, 0.3) is 5.69 Å². The Hall–Kier alpha value is -2.37. The van der Waals surface area contributed by atoms with Crippen molar-refractivity contribution in [1.29, 1.82) is 0 Å². The van der Waals surface area contributed by atoms with Crippen molar-refractivity contribution in [2.45, 2.75) is 6.54 Å². The second-order valence-corrected chi connectivity index (χ2v) is 5.09. The average Bonchev–Trinajstić information content (AvgIpc) is 2.93. The Kier molecular flexibility index (Phi) is 4.57. The highest BCUT2D eigenvalue weighted by Crippen LogP contribution is 2.18. The Morgan fingerprint density at radius 1 is 1.19 bits per heavy atom. The lowest BCUT2D eigenvalue weighted by atomic mass is 10.1. The van der Waals surface area contributed by atoms with Crippen LogP contribution in [-0.2, 0) is 6.54 Å². The highest BCUT2D eigenvalue weighted by Gasteiger charge is 2.11. The fourth-order valence-electron chi connectivity index (χ4n) is 2.16. The van der Waals surface area contributed by atoms with Gasteiger partial charge in [0.1, 0.15) is 5.82 Å². The zero-order chi connectivity index (χ0) is 15.4. The minimum Gasteiger partial charge on any atom is -0.349 e. The van der Waals surface area contributed by atoms with E-state index in [9.17, 15) is 4.39 Å². The van der Waals surface area contributed by atoms with E-state index in [1.54, 1.807) is 23.1 Å². The third kappa shape index (κ3) is 3.39. The summed E-state index contributed by atoms with van der Waals surface area (Å²) in [6, 6.07) is 6.77. The van der Waals surface area contributed by atoms with Crippen molar-refractivity contribution in [2.75, 3.05) is 28.2 Å².